The second kappa shape index (κ2) is 9.76. The second-order valence-electron chi connectivity index (χ2n) is 7.32. The Labute approximate surface area is 175 Å². The first kappa shape index (κ1) is 21.1. The number of esters is 1. The van der Waals surface area contributed by atoms with Crippen LogP contribution in [0.4, 0.5) is 0 Å². The minimum absolute atomic E-state index is 0.0120. The van der Waals surface area contributed by atoms with Crippen LogP contribution in [0.5, 0.6) is 11.5 Å². The molecule has 0 saturated carbocycles. The average molecular weight is 414 g/mol. The zero-order valence-corrected chi connectivity index (χ0v) is 18.1. The fraction of sp³-hybridized carbons (Fsp3) is 0.348. The van der Waals surface area contributed by atoms with Crippen molar-refractivity contribution in [2.45, 2.75) is 26.6 Å². The van der Waals surface area contributed by atoms with Crippen molar-refractivity contribution in [3.63, 3.8) is 0 Å². The topological polar surface area (TPSA) is 48.0 Å². The highest BCUT2D eigenvalue weighted by Gasteiger charge is 2.17. The molecule has 0 unspecified atom stereocenters. The van der Waals surface area contributed by atoms with Crippen molar-refractivity contribution in [2.75, 3.05) is 27.2 Å². The van der Waals surface area contributed by atoms with Crippen molar-refractivity contribution in [1.82, 2.24) is 4.90 Å². The van der Waals surface area contributed by atoms with Crippen molar-refractivity contribution in [3.05, 3.63) is 59.0 Å². The third kappa shape index (κ3) is 5.95. The van der Waals surface area contributed by atoms with Gasteiger partial charge in [-0.05, 0) is 45.6 Å². The van der Waals surface area contributed by atoms with E-state index in [1.165, 1.54) is 11.3 Å². The number of rotatable bonds is 9. The molecule has 0 aliphatic carbocycles. The minimum Gasteiger partial charge on any atom is -0.490 e. The molecule has 0 spiro atoms. The van der Waals surface area contributed by atoms with Crippen molar-refractivity contribution in [2.24, 2.45) is 0 Å². The average Bonchev–Trinajstić information content (AvgIpc) is 3.11. The van der Waals surface area contributed by atoms with E-state index in [-0.39, 0.29) is 12.1 Å². The molecule has 0 bridgehead atoms. The summed E-state index contributed by atoms with van der Waals surface area (Å²) in [5, 5.41) is 0.898. The fourth-order valence-corrected chi connectivity index (χ4v) is 3.75. The number of thiophene rings is 1. The Morgan fingerprint density at radius 1 is 1.10 bits per heavy atom. The number of likely N-dealkylation sites (N-methyl/N-ethyl adjacent to an activating group) is 1. The zero-order chi connectivity index (χ0) is 20.8. The monoisotopic (exact) mass is 413 g/mol. The molecule has 2 aromatic carbocycles. The molecule has 3 aromatic rings. The largest absolute Gasteiger partial charge is 0.490 e. The molecule has 0 amide bonds. The van der Waals surface area contributed by atoms with Crippen LogP contribution in [0.1, 0.15) is 29.1 Å². The van der Waals surface area contributed by atoms with E-state index >= 15 is 0 Å². The van der Waals surface area contributed by atoms with Gasteiger partial charge < -0.3 is 19.1 Å². The molecule has 29 heavy (non-hydrogen) atoms. The molecule has 3 rings (SSSR count). The van der Waals surface area contributed by atoms with Crippen LogP contribution in [0.3, 0.4) is 0 Å². The van der Waals surface area contributed by atoms with Crippen LogP contribution in [0.2, 0.25) is 0 Å². The van der Waals surface area contributed by atoms with E-state index in [1.54, 1.807) is 0 Å². The quantitative estimate of drug-likeness (QED) is 0.463. The summed E-state index contributed by atoms with van der Waals surface area (Å²) < 4.78 is 18.3. The Balaban J connectivity index is 1.83. The Kier molecular flexibility index (Phi) is 7.12. The summed E-state index contributed by atoms with van der Waals surface area (Å²) in [4.78, 5) is 15.0. The molecule has 5 nitrogen and oxygen atoms in total. The molecule has 6 heteroatoms. The highest BCUT2D eigenvalue weighted by atomic mass is 32.1. The summed E-state index contributed by atoms with van der Waals surface area (Å²) in [6.45, 7) is 5.48. The van der Waals surface area contributed by atoms with Gasteiger partial charge in [0.05, 0.1) is 6.10 Å². The maximum Gasteiger partial charge on any atom is 0.348 e. The first-order chi connectivity index (χ1) is 13.9. The van der Waals surface area contributed by atoms with E-state index in [0.717, 1.165) is 15.6 Å². The lowest BCUT2D eigenvalue weighted by Gasteiger charge is -2.13. The minimum atomic E-state index is -0.310. The van der Waals surface area contributed by atoms with Gasteiger partial charge in [0.2, 0.25) is 0 Å². The molecular formula is C23H27NO4S. The fourth-order valence-electron chi connectivity index (χ4n) is 2.75. The summed E-state index contributed by atoms with van der Waals surface area (Å²) in [7, 11) is 3.89. The molecule has 0 aliphatic rings. The highest BCUT2D eigenvalue weighted by Crippen LogP contribution is 2.38. The van der Waals surface area contributed by atoms with Gasteiger partial charge in [0.25, 0.3) is 0 Å². The van der Waals surface area contributed by atoms with Crippen LogP contribution in [0.15, 0.2) is 48.5 Å². The molecule has 154 valence electrons. The van der Waals surface area contributed by atoms with E-state index in [4.69, 9.17) is 14.2 Å². The van der Waals surface area contributed by atoms with Crippen molar-refractivity contribution >= 4 is 27.4 Å². The molecule has 0 N–H and O–H groups in total. The molecule has 0 atom stereocenters. The van der Waals surface area contributed by atoms with Gasteiger partial charge in [0, 0.05) is 22.7 Å². The first-order valence-corrected chi connectivity index (χ1v) is 10.5. The first-order valence-electron chi connectivity index (χ1n) is 9.65. The van der Waals surface area contributed by atoms with Crippen LogP contribution < -0.4 is 9.47 Å². The van der Waals surface area contributed by atoms with Gasteiger partial charge in [0.1, 0.15) is 29.6 Å². The lowest BCUT2D eigenvalue weighted by Crippen LogP contribution is -2.19. The third-order valence-corrected chi connectivity index (χ3v) is 5.22. The van der Waals surface area contributed by atoms with E-state index in [2.05, 4.69) is 0 Å². The van der Waals surface area contributed by atoms with Gasteiger partial charge in [-0.3, -0.25) is 0 Å². The Hall–Kier alpha value is -2.57. The number of carbonyl (C=O) groups is 1. The zero-order valence-electron chi connectivity index (χ0n) is 17.3. The Morgan fingerprint density at radius 2 is 1.86 bits per heavy atom. The molecule has 1 heterocycles. The van der Waals surface area contributed by atoms with Gasteiger partial charge in [-0.2, -0.15) is 0 Å². The number of nitrogens with zero attached hydrogens (tertiary/aromatic N) is 1. The third-order valence-electron chi connectivity index (χ3n) is 4.16. The lowest BCUT2D eigenvalue weighted by molar-refractivity contribution is 0.0487. The number of fused-ring (bicyclic) bond motifs is 1. The summed E-state index contributed by atoms with van der Waals surface area (Å²) in [6, 6.07) is 15.7. The smallest absolute Gasteiger partial charge is 0.348 e. The second-order valence-corrected chi connectivity index (χ2v) is 8.41. The normalized spacial score (nSPS) is 11.2. The molecule has 0 saturated heterocycles. The van der Waals surface area contributed by atoms with Crippen molar-refractivity contribution < 1.29 is 19.0 Å². The standard InChI is InChI=1S/C23H27NO4S/c1-16(2)28-20-12-18(27-15-17-8-6-5-7-9-17)13-21-19(20)14-22(29-21)23(25)26-11-10-24(3)4/h5-9,12-14,16H,10-11,15H2,1-4H3. The van der Waals surface area contributed by atoms with Crippen molar-refractivity contribution in [1.29, 1.82) is 0 Å². The van der Waals surface area contributed by atoms with Gasteiger partial charge in [0.15, 0.2) is 0 Å². The summed E-state index contributed by atoms with van der Waals surface area (Å²) >= 11 is 1.39. The lowest BCUT2D eigenvalue weighted by atomic mass is 10.2. The van der Waals surface area contributed by atoms with Crippen LogP contribution in [0.25, 0.3) is 10.1 Å². The number of benzene rings is 2. The predicted molar refractivity (Wildman–Crippen MR) is 117 cm³/mol. The van der Waals surface area contributed by atoms with Crippen LogP contribution in [-0.2, 0) is 11.3 Å². The Morgan fingerprint density at radius 3 is 2.55 bits per heavy atom. The molecule has 0 radical (unpaired) electrons. The molecule has 0 fully saturated rings. The number of carbonyl (C=O) groups excluding carboxylic acids is 1. The van der Waals surface area contributed by atoms with Gasteiger partial charge >= 0.3 is 5.97 Å². The van der Waals surface area contributed by atoms with Crippen LogP contribution >= 0.6 is 11.3 Å². The van der Waals surface area contributed by atoms with Gasteiger partial charge in [-0.15, -0.1) is 11.3 Å². The predicted octanol–water partition coefficient (Wildman–Crippen LogP) is 4.99. The van der Waals surface area contributed by atoms with Crippen LogP contribution in [0, 0.1) is 0 Å². The molecule has 1 aromatic heterocycles. The summed E-state index contributed by atoms with van der Waals surface area (Å²) in [5.74, 6) is 1.12. The summed E-state index contributed by atoms with van der Waals surface area (Å²) in [5.41, 5.74) is 1.09. The molecular weight excluding hydrogens is 386 g/mol. The van der Waals surface area contributed by atoms with E-state index in [9.17, 15) is 4.79 Å². The SMILES string of the molecule is CC(C)Oc1cc(OCc2ccccc2)cc2sc(C(=O)OCCN(C)C)cc12. The maximum absolute atomic E-state index is 12.4. The van der Waals surface area contributed by atoms with E-state index < -0.39 is 0 Å². The number of hydrogen-bond donors (Lipinski definition) is 0. The van der Waals surface area contributed by atoms with E-state index in [1.807, 2.05) is 81.4 Å². The van der Waals surface area contributed by atoms with Gasteiger partial charge in [-0.25, -0.2) is 4.79 Å². The maximum atomic E-state index is 12.4. The number of ether oxygens (including phenoxy) is 3. The van der Waals surface area contributed by atoms with Crippen LogP contribution in [-0.4, -0.2) is 44.2 Å². The highest BCUT2D eigenvalue weighted by molar-refractivity contribution is 7.20. The number of hydrogen-bond acceptors (Lipinski definition) is 6. The molecule has 0 aliphatic heterocycles. The van der Waals surface area contributed by atoms with Crippen molar-refractivity contribution in [3.8, 4) is 11.5 Å². The van der Waals surface area contributed by atoms with Gasteiger partial charge in [-0.1, -0.05) is 30.3 Å². The Bertz CT molecular complexity index is 950. The van der Waals surface area contributed by atoms with E-state index in [0.29, 0.717) is 36.1 Å². The summed E-state index contributed by atoms with van der Waals surface area (Å²) in [6.07, 6.45) is 0.0120.